The normalized spacial score (nSPS) is 10.9. The molecule has 4 aromatic rings. The molecule has 9 heteroatoms. The lowest BCUT2D eigenvalue weighted by atomic mass is 10.0. The number of aromatic hydroxyl groups is 1. The second kappa shape index (κ2) is 7.94. The fourth-order valence-corrected chi connectivity index (χ4v) is 3.29. The molecule has 0 spiro atoms. The summed E-state index contributed by atoms with van der Waals surface area (Å²) in [4.78, 5) is 8.68. The summed E-state index contributed by atoms with van der Waals surface area (Å²) in [6.07, 6.45) is 1.57. The first-order chi connectivity index (χ1) is 14.8. The number of benzene rings is 1. The van der Waals surface area contributed by atoms with Gasteiger partial charge in [-0.3, -0.25) is 15.8 Å². The molecule has 4 rings (SSSR count). The smallest absolute Gasteiger partial charge is 0.243 e. The molecule has 156 valence electrons. The molecule has 0 atom stereocenters. The van der Waals surface area contributed by atoms with Gasteiger partial charge in [0.15, 0.2) is 17.3 Å². The molecule has 0 aliphatic heterocycles. The van der Waals surface area contributed by atoms with Crippen LogP contribution in [0.1, 0.15) is 22.7 Å². The Morgan fingerprint density at radius 3 is 2.58 bits per heavy atom. The highest BCUT2D eigenvalue weighted by Crippen LogP contribution is 2.36. The monoisotopic (exact) mass is 419 g/mol. The van der Waals surface area contributed by atoms with E-state index in [0.717, 1.165) is 0 Å². The van der Waals surface area contributed by atoms with Crippen molar-refractivity contribution in [1.82, 2.24) is 15.1 Å². The maximum atomic E-state index is 13.1. The van der Waals surface area contributed by atoms with Crippen LogP contribution in [0.25, 0.3) is 22.2 Å². The number of aryl methyl sites for hydroxylation is 2. The van der Waals surface area contributed by atoms with Crippen molar-refractivity contribution < 1.29 is 18.8 Å². The number of nitrogens with one attached hydrogen (secondary N) is 2. The van der Waals surface area contributed by atoms with Crippen LogP contribution in [0.5, 0.6) is 5.75 Å². The van der Waals surface area contributed by atoms with E-state index in [0.29, 0.717) is 33.7 Å². The second-order valence-electron chi connectivity index (χ2n) is 6.91. The molecule has 0 radical (unpaired) electrons. The zero-order valence-corrected chi connectivity index (χ0v) is 16.7. The van der Waals surface area contributed by atoms with Gasteiger partial charge in [0.25, 0.3) is 0 Å². The molecular weight excluding hydrogens is 401 g/mol. The van der Waals surface area contributed by atoms with Crippen LogP contribution in [0, 0.1) is 30.5 Å². The molecule has 3 N–H and O–H groups in total. The maximum Gasteiger partial charge on any atom is 0.243 e. The molecule has 0 unspecified atom stereocenters. The van der Waals surface area contributed by atoms with Crippen molar-refractivity contribution in [1.29, 1.82) is 10.8 Å². The fraction of sp³-hybridized carbons (Fsp3) is 0.136. The number of rotatable bonds is 4. The lowest BCUT2D eigenvalue weighted by Gasteiger charge is -2.13. The number of aromatic nitrogens is 3. The van der Waals surface area contributed by atoms with E-state index in [1.165, 1.54) is 30.5 Å². The number of hydrogen-bond donors (Lipinski definition) is 3. The Labute approximate surface area is 176 Å². The predicted molar refractivity (Wildman–Crippen MR) is 112 cm³/mol. The van der Waals surface area contributed by atoms with Gasteiger partial charge in [0.05, 0.1) is 17.0 Å². The minimum atomic E-state index is -0.509. The molecular formula is C22H18FN5O3. The van der Waals surface area contributed by atoms with Crippen LogP contribution in [-0.4, -0.2) is 32.0 Å². The molecule has 3 aromatic heterocycles. The largest absolute Gasteiger partial charge is 0.504 e. The van der Waals surface area contributed by atoms with Crippen molar-refractivity contribution in [2.24, 2.45) is 0 Å². The van der Waals surface area contributed by atoms with Crippen molar-refractivity contribution in [2.45, 2.75) is 20.3 Å². The lowest BCUT2D eigenvalue weighted by Crippen LogP contribution is -2.16. The molecule has 0 bridgehead atoms. The molecule has 0 saturated heterocycles. The third-order valence-corrected chi connectivity index (χ3v) is 4.72. The van der Waals surface area contributed by atoms with Gasteiger partial charge < -0.3 is 14.4 Å². The van der Waals surface area contributed by atoms with Gasteiger partial charge >= 0.3 is 0 Å². The molecule has 8 nitrogen and oxygen atoms in total. The number of hydrogen-bond acceptors (Lipinski definition) is 8. The van der Waals surface area contributed by atoms with Crippen molar-refractivity contribution in [2.75, 3.05) is 0 Å². The topological polar surface area (TPSA) is 129 Å². The summed E-state index contributed by atoms with van der Waals surface area (Å²) in [5.41, 5.74) is 2.39. The number of fused-ring (bicyclic) bond motifs is 1. The SMILES string of the molecule is Cc1noc(C)c1-c1nc(C(=N)OC(=N)Cc2ccc(F)cc2)c(O)c2ncccc12. The molecule has 31 heavy (non-hydrogen) atoms. The van der Waals surface area contributed by atoms with E-state index in [4.69, 9.17) is 20.1 Å². The summed E-state index contributed by atoms with van der Waals surface area (Å²) < 4.78 is 23.6. The number of ether oxygens (including phenoxy) is 1. The zero-order valence-electron chi connectivity index (χ0n) is 16.7. The van der Waals surface area contributed by atoms with Gasteiger partial charge in [-0.1, -0.05) is 17.3 Å². The molecule has 1 aromatic carbocycles. The molecule has 0 fully saturated rings. The van der Waals surface area contributed by atoms with Crippen LogP contribution >= 0.6 is 0 Å². The van der Waals surface area contributed by atoms with Crippen LogP contribution < -0.4 is 0 Å². The third-order valence-electron chi connectivity index (χ3n) is 4.72. The van der Waals surface area contributed by atoms with E-state index >= 15 is 0 Å². The summed E-state index contributed by atoms with van der Waals surface area (Å²) in [6, 6.07) is 9.09. The van der Waals surface area contributed by atoms with Crippen LogP contribution in [-0.2, 0) is 11.2 Å². The molecule has 0 aliphatic rings. The summed E-state index contributed by atoms with van der Waals surface area (Å²) in [7, 11) is 0. The van der Waals surface area contributed by atoms with Crippen molar-refractivity contribution in [3.63, 3.8) is 0 Å². The maximum absolute atomic E-state index is 13.1. The van der Waals surface area contributed by atoms with Crippen LogP contribution in [0.3, 0.4) is 0 Å². The Morgan fingerprint density at radius 2 is 1.90 bits per heavy atom. The van der Waals surface area contributed by atoms with Crippen molar-refractivity contribution in [3.05, 3.63) is 71.1 Å². The fourth-order valence-electron chi connectivity index (χ4n) is 3.29. The van der Waals surface area contributed by atoms with Gasteiger partial charge in [0.1, 0.15) is 17.1 Å². The molecule has 0 amide bonds. The average Bonchev–Trinajstić information content (AvgIpc) is 3.08. The van der Waals surface area contributed by atoms with Gasteiger partial charge in [-0.2, -0.15) is 0 Å². The standard InChI is InChI=1S/C22H18FN5O3/c1-11-17(12(2)31-28-11)18-15-4-3-9-26-19(15)21(29)20(27-18)22(25)30-16(24)10-13-5-7-14(23)8-6-13/h3-9,24-25,29H,10H2,1-2H3. The minimum Gasteiger partial charge on any atom is -0.504 e. The lowest BCUT2D eigenvalue weighted by molar-refractivity contribution is 0.393. The average molecular weight is 419 g/mol. The highest BCUT2D eigenvalue weighted by atomic mass is 19.1. The third kappa shape index (κ3) is 3.85. The van der Waals surface area contributed by atoms with Gasteiger partial charge in [-0.15, -0.1) is 0 Å². The first kappa shape index (κ1) is 20.1. The van der Waals surface area contributed by atoms with E-state index in [-0.39, 0.29) is 35.1 Å². The number of nitrogens with zero attached hydrogens (tertiary/aromatic N) is 3. The first-order valence-electron chi connectivity index (χ1n) is 9.34. The molecule has 0 saturated carbocycles. The zero-order chi connectivity index (χ0) is 22.1. The predicted octanol–water partition coefficient (Wildman–Crippen LogP) is 4.31. The van der Waals surface area contributed by atoms with Crippen LogP contribution in [0.2, 0.25) is 0 Å². The summed E-state index contributed by atoms with van der Waals surface area (Å²) in [6.45, 7) is 3.51. The Hall–Kier alpha value is -4.14. The number of pyridine rings is 2. The summed E-state index contributed by atoms with van der Waals surface area (Å²) in [5, 5.41) is 31.6. The summed E-state index contributed by atoms with van der Waals surface area (Å²) in [5.74, 6) is -0.939. The quantitative estimate of drug-likeness (QED) is 0.334. The van der Waals surface area contributed by atoms with Gasteiger partial charge in [0, 0.05) is 18.0 Å². The Morgan fingerprint density at radius 1 is 1.16 bits per heavy atom. The van der Waals surface area contributed by atoms with E-state index in [1.54, 1.807) is 26.0 Å². The van der Waals surface area contributed by atoms with Gasteiger partial charge in [-0.05, 0) is 43.7 Å². The Bertz CT molecular complexity index is 1300. The second-order valence-corrected chi connectivity index (χ2v) is 6.91. The molecule has 0 aliphatic carbocycles. The van der Waals surface area contributed by atoms with Crippen molar-refractivity contribution in [3.8, 4) is 17.0 Å². The highest BCUT2D eigenvalue weighted by molar-refractivity contribution is 6.06. The van der Waals surface area contributed by atoms with E-state index in [9.17, 15) is 9.50 Å². The Balaban J connectivity index is 1.72. The van der Waals surface area contributed by atoms with E-state index in [2.05, 4.69) is 15.1 Å². The van der Waals surface area contributed by atoms with Gasteiger partial charge in [0.2, 0.25) is 5.90 Å². The van der Waals surface area contributed by atoms with Crippen molar-refractivity contribution >= 4 is 22.7 Å². The van der Waals surface area contributed by atoms with Crippen LogP contribution in [0.15, 0.2) is 47.1 Å². The van der Waals surface area contributed by atoms with Crippen LogP contribution in [0.4, 0.5) is 4.39 Å². The Kier molecular flexibility index (Phi) is 5.16. The van der Waals surface area contributed by atoms with Gasteiger partial charge in [-0.25, -0.2) is 9.37 Å². The number of halogens is 1. The molecule has 3 heterocycles. The summed E-state index contributed by atoms with van der Waals surface area (Å²) >= 11 is 0. The highest BCUT2D eigenvalue weighted by Gasteiger charge is 2.24. The minimum absolute atomic E-state index is 0.0476. The van der Waals surface area contributed by atoms with E-state index in [1.807, 2.05) is 0 Å². The first-order valence-corrected chi connectivity index (χ1v) is 9.34. The van der Waals surface area contributed by atoms with E-state index < -0.39 is 5.90 Å².